The largest absolute Gasteiger partial charge is 0.243 e. The first-order chi connectivity index (χ1) is 23.7. The predicted molar refractivity (Wildman–Crippen MR) is 217 cm³/mol. The zero-order chi connectivity index (χ0) is 36.1. The van der Waals surface area contributed by atoms with E-state index < -0.39 is 16.1 Å². The van der Waals surface area contributed by atoms with E-state index in [0.717, 1.165) is 44.2 Å². The maximum atomic E-state index is 5.29. The summed E-state index contributed by atoms with van der Waals surface area (Å²) in [6, 6.07) is 15.9. The SMILES string of the molecule is CC(C)[Si](C#Cc1c2nc3ccccc3nc2c(C#C[Si](C(C)C)(C(C)C)C(C)C)c2nc3nc4ccccc4nc3nc12)(C(C)C)C(C)C. The molecule has 0 saturated heterocycles. The first-order valence-corrected chi connectivity index (χ1v) is 22.7. The van der Waals surface area contributed by atoms with E-state index in [0.29, 0.717) is 55.6 Å². The second-order valence-corrected chi connectivity index (χ2v) is 26.9. The molecule has 6 aromatic rings. The van der Waals surface area contributed by atoms with E-state index in [4.69, 9.17) is 29.9 Å². The molecule has 0 aliphatic heterocycles. The molecule has 0 aliphatic carbocycles. The average Bonchev–Trinajstić information content (AvgIpc) is 3.05. The number of benzene rings is 3. The Morgan fingerprint density at radius 2 is 0.640 bits per heavy atom. The van der Waals surface area contributed by atoms with Crippen LogP contribution in [0.15, 0.2) is 48.5 Å². The monoisotopic (exact) mass is 694 g/mol. The maximum Gasteiger partial charge on any atom is 0.199 e. The Bertz CT molecular complexity index is 2180. The Balaban J connectivity index is 1.85. The number of hydrogen-bond acceptors (Lipinski definition) is 6. The summed E-state index contributed by atoms with van der Waals surface area (Å²) in [4.78, 5) is 31.0. The fraction of sp³-hybridized carbons (Fsp3) is 0.429. The van der Waals surface area contributed by atoms with Gasteiger partial charge >= 0.3 is 0 Å². The van der Waals surface area contributed by atoms with Gasteiger partial charge in [0.05, 0.1) is 33.2 Å². The van der Waals surface area contributed by atoms with Gasteiger partial charge in [0.25, 0.3) is 0 Å². The van der Waals surface area contributed by atoms with Crippen LogP contribution < -0.4 is 0 Å². The van der Waals surface area contributed by atoms with Crippen molar-refractivity contribution >= 4 is 71.6 Å². The predicted octanol–water partition coefficient (Wildman–Crippen LogP) is 11.0. The van der Waals surface area contributed by atoms with Gasteiger partial charge in [0.2, 0.25) is 0 Å². The van der Waals surface area contributed by atoms with Crippen molar-refractivity contribution in [1.29, 1.82) is 0 Å². The molecule has 0 N–H and O–H groups in total. The van der Waals surface area contributed by atoms with Crippen LogP contribution in [-0.2, 0) is 0 Å². The molecule has 0 bridgehead atoms. The first-order valence-electron chi connectivity index (χ1n) is 18.2. The van der Waals surface area contributed by atoms with Crippen LogP contribution in [0, 0.1) is 22.9 Å². The van der Waals surface area contributed by atoms with Gasteiger partial charge < -0.3 is 0 Å². The minimum absolute atomic E-state index is 0.468. The normalized spacial score (nSPS) is 12.8. The topological polar surface area (TPSA) is 77.3 Å². The van der Waals surface area contributed by atoms with Gasteiger partial charge in [0.1, 0.15) is 38.2 Å². The molecule has 0 fully saturated rings. The van der Waals surface area contributed by atoms with Crippen LogP contribution in [0.3, 0.4) is 0 Å². The third kappa shape index (κ3) is 5.77. The van der Waals surface area contributed by atoms with E-state index >= 15 is 0 Å². The van der Waals surface area contributed by atoms with Gasteiger partial charge in [-0.05, 0) is 57.5 Å². The van der Waals surface area contributed by atoms with Crippen LogP contribution in [-0.4, -0.2) is 46.1 Å². The van der Waals surface area contributed by atoms with Gasteiger partial charge in [0, 0.05) is 0 Å². The van der Waals surface area contributed by atoms with Gasteiger partial charge in [-0.1, -0.05) is 119 Å². The van der Waals surface area contributed by atoms with Crippen molar-refractivity contribution in [3.05, 3.63) is 59.7 Å². The molecule has 50 heavy (non-hydrogen) atoms. The van der Waals surface area contributed by atoms with Gasteiger partial charge in [0.15, 0.2) is 11.3 Å². The highest BCUT2D eigenvalue weighted by molar-refractivity contribution is 6.91. The Morgan fingerprint density at radius 1 is 0.380 bits per heavy atom. The minimum atomic E-state index is -2.13. The van der Waals surface area contributed by atoms with Crippen LogP contribution in [0.5, 0.6) is 0 Å². The highest BCUT2D eigenvalue weighted by Crippen LogP contribution is 2.43. The van der Waals surface area contributed by atoms with E-state index in [9.17, 15) is 0 Å². The van der Waals surface area contributed by atoms with Crippen molar-refractivity contribution in [2.75, 3.05) is 0 Å². The maximum absolute atomic E-state index is 5.29. The first kappa shape index (κ1) is 35.6. The lowest BCUT2D eigenvalue weighted by Crippen LogP contribution is -2.43. The van der Waals surface area contributed by atoms with Crippen LogP contribution in [0.1, 0.15) is 94.2 Å². The molecule has 3 aromatic carbocycles. The van der Waals surface area contributed by atoms with E-state index in [1.807, 2.05) is 48.5 Å². The summed E-state index contributed by atoms with van der Waals surface area (Å²) in [7, 11) is -4.26. The second-order valence-electron chi connectivity index (χ2n) is 15.7. The molecule has 3 aromatic heterocycles. The molecule has 256 valence electrons. The minimum Gasteiger partial charge on any atom is -0.243 e. The van der Waals surface area contributed by atoms with Crippen molar-refractivity contribution in [3.8, 4) is 22.9 Å². The quantitative estimate of drug-likeness (QED) is 0.0981. The molecule has 0 saturated carbocycles. The summed E-state index contributed by atoms with van der Waals surface area (Å²) in [6.45, 7) is 28.1. The number of aromatic nitrogens is 6. The van der Waals surface area contributed by atoms with E-state index in [-0.39, 0.29) is 0 Å². The molecule has 8 heteroatoms. The second kappa shape index (κ2) is 13.5. The van der Waals surface area contributed by atoms with Gasteiger partial charge in [-0.3, -0.25) is 0 Å². The molecule has 3 heterocycles. The summed E-state index contributed by atoms with van der Waals surface area (Å²) in [6.07, 6.45) is 0. The summed E-state index contributed by atoms with van der Waals surface area (Å²) in [5.41, 5.74) is 19.2. The summed E-state index contributed by atoms with van der Waals surface area (Å²) >= 11 is 0. The summed E-state index contributed by atoms with van der Waals surface area (Å²) < 4.78 is 0. The lowest BCUT2D eigenvalue weighted by atomic mass is 10.0. The molecule has 6 nitrogen and oxygen atoms in total. The molecule has 0 unspecified atom stereocenters. The fourth-order valence-electron chi connectivity index (χ4n) is 8.82. The Labute approximate surface area is 299 Å². The smallest absolute Gasteiger partial charge is 0.199 e. The van der Waals surface area contributed by atoms with E-state index in [1.54, 1.807) is 0 Å². The standard InChI is InChI=1S/C42H50N6Si2/c1-25(2)49(26(3)4,27(5)6)23-21-31-37-38(44-34-18-14-13-17-33(34)43-37)32(22-24-50(28(7)8,29(9)10)30(11)12)40-39(31)47-41-42(48-40)46-36-20-16-15-19-35(36)45-41/h13-20,25-30H,1-12H3. The molecule has 0 amide bonds. The highest BCUT2D eigenvalue weighted by atomic mass is 28.3. The lowest BCUT2D eigenvalue weighted by Gasteiger charge is -2.38. The molecule has 0 spiro atoms. The van der Waals surface area contributed by atoms with E-state index in [2.05, 4.69) is 106 Å². The van der Waals surface area contributed by atoms with Crippen molar-refractivity contribution in [3.63, 3.8) is 0 Å². The zero-order valence-electron chi connectivity index (χ0n) is 31.8. The summed E-state index contributed by atoms with van der Waals surface area (Å²) in [5, 5.41) is 0. The lowest BCUT2D eigenvalue weighted by molar-refractivity contribution is 0.838. The van der Waals surface area contributed by atoms with Crippen molar-refractivity contribution in [2.45, 2.75) is 116 Å². The Morgan fingerprint density at radius 3 is 0.920 bits per heavy atom. The van der Waals surface area contributed by atoms with Crippen LogP contribution in [0.4, 0.5) is 0 Å². The number of fused-ring (bicyclic) bond motifs is 5. The van der Waals surface area contributed by atoms with Crippen molar-refractivity contribution in [1.82, 2.24) is 29.9 Å². The Hall–Kier alpha value is -4.25. The molecular weight excluding hydrogens is 645 g/mol. The summed E-state index contributed by atoms with van der Waals surface area (Å²) in [5.74, 6) is 7.51. The number of rotatable bonds is 6. The zero-order valence-corrected chi connectivity index (χ0v) is 33.8. The van der Waals surface area contributed by atoms with Crippen molar-refractivity contribution in [2.24, 2.45) is 0 Å². The Kier molecular flexibility index (Phi) is 9.58. The fourth-order valence-corrected chi connectivity index (χ4v) is 19.2. The van der Waals surface area contributed by atoms with Gasteiger partial charge in [-0.2, -0.15) is 0 Å². The molecule has 0 radical (unpaired) electrons. The third-order valence-corrected chi connectivity index (χ3v) is 23.8. The average molecular weight is 695 g/mol. The van der Waals surface area contributed by atoms with Gasteiger partial charge in [-0.25, -0.2) is 29.9 Å². The molecule has 0 atom stereocenters. The third-order valence-electron chi connectivity index (χ3n) is 11.3. The highest BCUT2D eigenvalue weighted by Gasteiger charge is 2.43. The van der Waals surface area contributed by atoms with E-state index in [1.165, 1.54) is 0 Å². The molecule has 6 rings (SSSR count). The molecular formula is C42H50N6Si2. The number of para-hydroxylation sites is 4. The molecule has 0 aliphatic rings. The van der Waals surface area contributed by atoms with Crippen LogP contribution in [0.25, 0.3) is 55.4 Å². The number of nitrogens with zero attached hydrogens (tertiary/aromatic N) is 6. The van der Waals surface area contributed by atoms with Gasteiger partial charge in [-0.15, -0.1) is 11.1 Å². The van der Waals surface area contributed by atoms with Crippen LogP contribution >= 0.6 is 0 Å². The number of hydrogen-bond donors (Lipinski definition) is 0. The van der Waals surface area contributed by atoms with Crippen molar-refractivity contribution < 1.29 is 0 Å². The van der Waals surface area contributed by atoms with Crippen LogP contribution in [0.2, 0.25) is 33.2 Å².